The van der Waals surface area contributed by atoms with Crippen LogP contribution in [0.4, 0.5) is 0 Å². The van der Waals surface area contributed by atoms with Gasteiger partial charge in [0.1, 0.15) is 0 Å². The summed E-state index contributed by atoms with van der Waals surface area (Å²) in [7, 11) is -3.53. The van der Waals surface area contributed by atoms with Gasteiger partial charge in [-0.15, -0.1) is 0 Å². The molecular formula is C21H33N3O3S. The molecule has 0 bridgehead atoms. The lowest BCUT2D eigenvalue weighted by atomic mass is 10.0. The molecule has 0 aromatic heterocycles. The van der Waals surface area contributed by atoms with Gasteiger partial charge in [-0.25, -0.2) is 13.1 Å². The van der Waals surface area contributed by atoms with Gasteiger partial charge in [0.2, 0.25) is 10.0 Å². The molecule has 7 heteroatoms. The quantitative estimate of drug-likeness (QED) is 0.728. The maximum Gasteiger partial charge on any atom is 0.251 e. The normalized spacial score (nSPS) is 20.0. The molecule has 2 N–H and O–H groups in total. The summed E-state index contributed by atoms with van der Waals surface area (Å²) in [4.78, 5) is 15.2. The van der Waals surface area contributed by atoms with E-state index in [2.05, 4.69) is 14.9 Å². The van der Waals surface area contributed by atoms with Crippen molar-refractivity contribution in [3.8, 4) is 0 Å². The largest absolute Gasteiger partial charge is 0.349 e. The van der Waals surface area contributed by atoms with Crippen molar-refractivity contribution in [2.45, 2.75) is 69.4 Å². The van der Waals surface area contributed by atoms with E-state index in [9.17, 15) is 13.2 Å². The van der Waals surface area contributed by atoms with Crippen molar-refractivity contribution < 1.29 is 13.2 Å². The van der Waals surface area contributed by atoms with Gasteiger partial charge in [0.15, 0.2) is 0 Å². The van der Waals surface area contributed by atoms with Gasteiger partial charge in [-0.1, -0.05) is 12.8 Å². The zero-order valence-electron chi connectivity index (χ0n) is 17.0. The summed E-state index contributed by atoms with van der Waals surface area (Å²) in [6.45, 7) is 6.84. The molecule has 0 radical (unpaired) electrons. The summed E-state index contributed by atoms with van der Waals surface area (Å²) >= 11 is 0. The number of carbonyl (C=O) groups is 1. The number of hydrogen-bond acceptors (Lipinski definition) is 4. The fourth-order valence-electron chi connectivity index (χ4n) is 4.25. The highest BCUT2D eigenvalue weighted by molar-refractivity contribution is 7.89. The van der Waals surface area contributed by atoms with E-state index < -0.39 is 10.0 Å². The number of hydrogen-bond donors (Lipinski definition) is 2. The summed E-state index contributed by atoms with van der Waals surface area (Å²) in [5, 5.41) is 3.11. The van der Waals surface area contributed by atoms with Crippen LogP contribution in [0.2, 0.25) is 0 Å². The number of piperidine rings is 1. The Morgan fingerprint density at radius 3 is 2.25 bits per heavy atom. The van der Waals surface area contributed by atoms with Gasteiger partial charge in [0, 0.05) is 37.3 Å². The van der Waals surface area contributed by atoms with Crippen LogP contribution in [-0.4, -0.2) is 50.9 Å². The highest BCUT2D eigenvalue weighted by Gasteiger charge is 2.24. The molecule has 1 saturated heterocycles. The molecule has 1 heterocycles. The minimum Gasteiger partial charge on any atom is -0.349 e. The van der Waals surface area contributed by atoms with Gasteiger partial charge in [0.05, 0.1) is 4.90 Å². The van der Waals surface area contributed by atoms with Crippen molar-refractivity contribution in [2.75, 3.05) is 19.6 Å². The number of benzene rings is 1. The van der Waals surface area contributed by atoms with Crippen molar-refractivity contribution in [1.29, 1.82) is 0 Å². The number of carbonyl (C=O) groups excluding carboxylic acids is 1. The zero-order valence-corrected chi connectivity index (χ0v) is 17.8. The van der Waals surface area contributed by atoms with Crippen molar-refractivity contribution in [3.05, 3.63) is 29.8 Å². The summed E-state index contributed by atoms with van der Waals surface area (Å²) in [6.07, 6.45) is 7.45. The molecule has 0 unspecified atom stereocenters. The van der Waals surface area contributed by atoms with Crippen LogP contribution >= 0.6 is 0 Å². The monoisotopic (exact) mass is 407 g/mol. The predicted octanol–water partition coefficient (Wildman–Crippen LogP) is 2.76. The Hall–Kier alpha value is -1.44. The number of rotatable bonds is 7. The molecule has 1 aromatic rings. The fourth-order valence-corrected chi connectivity index (χ4v) is 5.50. The molecule has 0 atom stereocenters. The Morgan fingerprint density at radius 1 is 1.07 bits per heavy atom. The summed E-state index contributed by atoms with van der Waals surface area (Å²) < 4.78 is 26.9. The van der Waals surface area contributed by atoms with Gasteiger partial charge in [0.25, 0.3) is 5.91 Å². The van der Waals surface area contributed by atoms with E-state index in [-0.39, 0.29) is 22.9 Å². The van der Waals surface area contributed by atoms with Crippen molar-refractivity contribution in [3.63, 3.8) is 0 Å². The van der Waals surface area contributed by atoms with Gasteiger partial charge >= 0.3 is 0 Å². The molecule has 1 aromatic carbocycles. The summed E-state index contributed by atoms with van der Waals surface area (Å²) in [5.41, 5.74) is 0.497. The molecule has 156 valence electrons. The molecule has 3 rings (SSSR count). The Morgan fingerprint density at radius 2 is 1.68 bits per heavy atom. The first-order valence-electron chi connectivity index (χ1n) is 10.5. The minimum atomic E-state index is -3.53. The van der Waals surface area contributed by atoms with Crippen LogP contribution in [0.5, 0.6) is 0 Å². The molecule has 1 saturated carbocycles. The standard InChI is InChI=1S/C21H33N3O3S/c1-16(2)23-28(26,27)20-9-7-18(8-10-20)21(25)22-19-11-13-24(14-12-19)15-17-5-3-4-6-17/h7-10,16-17,19,23H,3-6,11-15H2,1-2H3,(H,22,25). The van der Waals surface area contributed by atoms with Crippen LogP contribution in [0, 0.1) is 5.92 Å². The summed E-state index contributed by atoms with van der Waals surface area (Å²) in [5.74, 6) is 0.737. The second-order valence-electron chi connectivity index (χ2n) is 8.50. The molecule has 1 aliphatic heterocycles. The molecule has 1 aliphatic carbocycles. The predicted molar refractivity (Wildman–Crippen MR) is 111 cm³/mol. The van der Waals surface area contributed by atoms with E-state index in [0.717, 1.165) is 31.8 Å². The first-order chi connectivity index (χ1) is 13.3. The molecule has 2 aliphatic rings. The molecule has 28 heavy (non-hydrogen) atoms. The van der Waals surface area contributed by atoms with E-state index in [4.69, 9.17) is 0 Å². The first-order valence-corrected chi connectivity index (χ1v) is 12.0. The minimum absolute atomic E-state index is 0.130. The molecule has 2 fully saturated rings. The van der Waals surface area contributed by atoms with Crippen LogP contribution in [0.3, 0.4) is 0 Å². The van der Waals surface area contributed by atoms with Gasteiger partial charge in [-0.05, 0) is 69.7 Å². The maximum atomic E-state index is 12.5. The van der Waals surface area contributed by atoms with Crippen LogP contribution in [-0.2, 0) is 10.0 Å². The Kier molecular flexibility index (Phi) is 7.12. The number of amides is 1. The van der Waals surface area contributed by atoms with Crippen LogP contribution < -0.4 is 10.0 Å². The fraction of sp³-hybridized carbons (Fsp3) is 0.667. The molecule has 6 nitrogen and oxygen atoms in total. The SMILES string of the molecule is CC(C)NS(=O)(=O)c1ccc(C(=O)NC2CCN(CC3CCCC3)CC2)cc1. The van der Waals surface area contributed by atoms with Crippen LogP contribution in [0.25, 0.3) is 0 Å². The Bertz CT molecular complexity index is 748. The van der Waals surface area contributed by atoms with Gasteiger partial charge < -0.3 is 10.2 Å². The van der Waals surface area contributed by atoms with Crippen LogP contribution in [0.1, 0.15) is 62.7 Å². The Balaban J connectivity index is 1.48. The zero-order chi connectivity index (χ0) is 20.1. The lowest BCUT2D eigenvalue weighted by Gasteiger charge is -2.33. The number of nitrogens with one attached hydrogen (secondary N) is 2. The van der Waals surface area contributed by atoms with Crippen molar-refractivity contribution in [2.24, 2.45) is 5.92 Å². The van der Waals surface area contributed by atoms with E-state index in [0.29, 0.717) is 5.56 Å². The van der Waals surface area contributed by atoms with Crippen molar-refractivity contribution >= 4 is 15.9 Å². The molecular weight excluding hydrogens is 374 g/mol. The van der Waals surface area contributed by atoms with E-state index in [1.165, 1.54) is 44.4 Å². The maximum absolute atomic E-state index is 12.5. The van der Waals surface area contributed by atoms with Gasteiger partial charge in [-0.3, -0.25) is 4.79 Å². The third kappa shape index (κ3) is 5.78. The average Bonchev–Trinajstić information content (AvgIpc) is 3.15. The number of likely N-dealkylation sites (tertiary alicyclic amines) is 1. The molecule has 1 amide bonds. The van der Waals surface area contributed by atoms with E-state index >= 15 is 0 Å². The highest BCUT2D eigenvalue weighted by atomic mass is 32.2. The number of sulfonamides is 1. The smallest absolute Gasteiger partial charge is 0.251 e. The second kappa shape index (κ2) is 9.37. The van der Waals surface area contributed by atoms with Crippen LogP contribution in [0.15, 0.2) is 29.2 Å². The third-order valence-electron chi connectivity index (χ3n) is 5.73. The topological polar surface area (TPSA) is 78.5 Å². The lowest BCUT2D eigenvalue weighted by molar-refractivity contribution is 0.0905. The van der Waals surface area contributed by atoms with Gasteiger partial charge in [-0.2, -0.15) is 0 Å². The lowest BCUT2D eigenvalue weighted by Crippen LogP contribution is -2.45. The Labute approximate surface area is 169 Å². The van der Waals surface area contributed by atoms with E-state index in [1.54, 1.807) is 26.0 Å². The van der Waals surface area contributed by atoms with E-state index in [1.807, 2.05) is 0 Å². The first kappa shape index (κ1) is 21.3. The highest BCUT2D eigenvalue weighted by Crippen LogP contribution is 2.26. The molecule has 0 spiro atoms. The second-order valence-corrected chi connectivity index (χ2v) is 10.2. The third-order valence-corrected chi connectivity index (χ3v) is 7.41. The average molecular weight is 408 g/mol. The number of nitrogens with zero attached hydrogens (tertiary/aromatic N) is 1. The van der Waals surface area contributed by atoms with Crippen molar-refractivity contribution in [1.82, 2.24) is 14.9 Å². The summed E-state index contributed by atoms with van der Waals surface area (Å²) in [6, 6.07) is 6.16.